The fraction of sp³-hybridized carbons (Fsp3) is 0.400. The van der Waals surface area contributed by atoms with E-state index in [1.807, 2.05) is 0 Å². The predicted octanol–water partition coefficient (Wildman–Crippen LogP) is 3.55. The molecule has 1 aliphatic rings. The number of rotatable bonds is 3. The Kier molecular flexibility index (Phi) is 2.72. The summed E-state index contributed by atoms with van der Waals surface area (Å²) in [6.45, 7) is 0.806. The Bertz CT molecular complexity index is 327. The summed E-state index contributed by atoms with van der Waals surface area (Å²) in [4.78, 5) is 0. The van der Waals surface area contributed by atoms with E-state index in [2.05, 4.69) is 21.2 Å². The highest BCUT2D eigenvalue weighted by Gasteiger charge is 2.20. The van der Waals surface area contributed by atoms with Crippen LogP contribution >= 0.6 is 15.9 Å². The van der Waals surface area contributed by atoms with Gasteiger partial charge in [-0.1, -0.05) is 0 Å². The molecule has 0 amide bonds. The SMILES string of the molecule is Fc1cc(NCC2CC2)cc(F)c1Br. The maximum absolute atomic E-state index is 13.1. The van der Waals surface area contributed by atoms with Crippen LogP contribution in [0.3, 0.4) is 0 Å². The summed E-state index contributed by atoms with van der Waals surface area (Å²) in [6, 6.07) is 2.60. The van der Waals surface area contributed by atoms with Gasteiger partial charge in [0.05, 0.1) is 4.47 Å². The van der Waals surface area contributed by atoms with Crippen molar-refractivity contribution in [3.63, 3.8) is 0 Å². The van der Waals surface area contributed by atoms with E-state index in [4.69, 9.17) is 0 Å². The molecule has 0 bridgehead atoms. The van der Waals surface area contributed by atoms with E-state index >= 15 is 0 Å². The first kappa shape index (κ1) is 9.90. The minimum atomic E-state index is -0.566. The summed E-state index contributed by atoms with van der Waals surface area (Å²) in [5, 5.41) is 3.01. The van der Waals surface area contributed by atoms with Gasteiger partial charge >= 0.3 is 0 Å². The first-order valence-corrected chi connectivity index (χ1v) is 5.34. The molecule has 1 nitrogen and oxygen atoms in total. The summed E-state index contributed by atoms with van der Waals surface area (Å²) in [5.74, 6) is -0.448. The number of hydrogen-bond donors (Lipinski definition) is 1. The lowest BCUT2D eigenvalue weighted by Gasteiger charge is -2.06. The van der Waals surface area contributed by atoms with Crippen LogP contribution in [0.4, 0.5) is 14.5 Å². The van der Waals surface area contributed by atoms with Gasteiger partial charge in [0.1, 0.15) is 11.6 Å². The van der Waals surface area contributed by atoms with Gasteiger partial charge in [0.15, 0.2) is 0 Å². The van der Waals surface area contributed by atoms with Crippen molar-refractivity contribution in [2.24, 2.45) is 5.92 Å². The van der Waals surface area contributed by atoms with Crippen molar-refractivity contribution in [3.05, 3.63) is 28.2 Å². The second kappa shape index (κ2) is 3.85. The van der Waals surface area contributed by atoms with Gasteiger partial charge in [-0.3, -0.25) is 0 Å². The summed E-state index contributed by atoms with van der Waals surface area (Å²) in [5.41, 5.74) is 0.509. The molecule has 1 aliphatic carbocycles. The molecule has 2 rings (SSSR count). The molecular formula is C10H10BrF2N. The van der Waals surface area contributed by atoms with Gasteiger partial charge < -0.3 is 5.32 Å². The van der Waals surface area contributed by atoms with Gasteiger partial charge in [0.25, 0.3) is 0 Å². The molecule has 0 atom stereocenters. The van der Waals surface area contributed by atoms with Crippen LogP contribution in [0.25, 0.3) is 0 Å². The van der Waals surface area contributed by atoms with Crippen LogP contribution < -0.4 is 5.32 Å². The normalized spacial score (nSPS) is 15.6. The molecular weight excluding hydrogens is 252 g/mol. The monoisotopic (exact) mass is 261 g/mol. The average Bonchev–Trinajstić information content (AvgIpc) is 2.94. The van der Waals surface area contributed by atoms with E-state index < -0.39 is 11.6 Å². The number of benzene rings is 1. The van der Waals surface area contributed by atoms with E-state index in [-0.39, 0.29) is 4.47 Å². The maximum Gasteiger partial charge on any atom is 0.142 e. The highest BCUT2D eigenvalue weighted by Crippen LogP contribution is 2.30. The standard InChI is InChI=1S/C10H10BrF2N/c11-10-8(12)3-7(4-9(10)13)14-5-6-1-2-6/h3-4,6,14H,1-2,5H2. The molecule has 1 saturated carbocycles. The largest absolute Gasteiger partial charge is 0.385 e. The topological polar surface area (TPSA) is 12.0 Å². The summed E-state index contributed by atoms with van der Waals surface area (Å²) in [7, 11) is 0. The van der Waals surface area contributed by atoms with Gasteiger partial charge in [-0.2, -0.15) is 0 Å². The van der Waals surface area contributed by atoms with Crippen molar-refractivity contribution in [2.75, 3.05) is 11.9 Å². The van der Waals surface area contributed by atoms with E-state index in [1.54, 1.807) is 0 Å². The molecule has 1 fully saturated rings. The molecule has 4 heteroatoms. The fourth-order valence-electron chi connectivity index (χ4n) is 1.24. The van der Waals surface area contributed by atoms with Crippen LogP contribution in [-0.2, 0) is 0 Å². The van der Waals surface area contributed by atoms with Crippen LogP contribution in [0.5, 0.6) is 0 Å². The summed E-state index contributed by atoms with van der Waals surface area (Å²) in [6.07, 6.45) is 2.43. The van der Waals surface area contributed by atoms with Gasteiger partial charge in [0.2, 0.25) is 0 Å². The van der Waals surface area contributed by atoms with Crippen LogP contribution in [0.2, 0.25) is 0 Å². The molecule has 1 aromatic carbocycles. The van der Waals surface area contributed by atoms with Crippen LogP contribution in [0.1, 0.15) is 12.8 Å². The van der Waals surface area contributed by atoms with Gasteiger partial charge in [-0.15, -0.1) is 0 Å². The van der Waals surface area contributed by atoms with Crippen molar-refractivity contribution >= 4 is 21.6 Å². The van der Waals surface area contributed by atoms with Gasteiger partial charge in [0, 0.05) is 12.2 Å². The molecule has 0 heterocycles. The third-order valence-electron chi connectivity index (χ3n) is 2.28. The van der Waals surface area contributed by atoms with Crippen molar-refractivity contribution in [1.29, 1.82) is 0 Å². The molecule has 0 spiro atoms. The van der Waals surface area contributed by atoms with Crippen LogP contribution in [0, 0.1) is 17.6 Å². The second-order valence-electron chi connectivity index (χ2n) is 3.58. The van der Waals surface area contributed by atoms with E-state index in [1.165, 1.54) is 25.0 Å². The minimum absolute atomic E-state index is 0.102. The first-order valence-electron chi connectivity index (χ1n) is 4.55. The van der Waals surface area contributed by atoms with Crippen LogP contribution in [-0.4, -0.2) is 6.54 Å². The smallest absolute Gasteiger partial charge is 0.142 e. The third kappa shape index (κ3) is 2.23. The molecule has 1 aromatic rings. The molecule has 0 aromatic heterocycles. The lowest BCUT2D eigenvalue weighted by Crippen LogP contribution is -2.04. The molecule has 0 aliphatic heterocycles. The summed E-state index contributed by atoms with van der Waals surface area (Å²) < 4.78 is 26.0. The Labute approximate surface area is 89.6 Å². The predicted molar refractivity (Wildman–Crippen MR) is 55.3 cm³/mol. The van der Waals surface area contributed by atoms with Crippen molar-refractivity contribution < 1.29 is 8.78 Å². The lowest BCUT2D eigenvalue weighted by molar-refractivity contribution is 0.572. The Morgan fingerprint density at radius 1 is 1.29 bits per heavy atom. The third-order valence-corrected chi connectivity index (χ3v) is 3.03. The highest BCUT2D eigenvalue weighted by molar-refractivity contribution is 9.10. The zero-order valence-electron chi connectivity index (χ0n) is 7.49. The van der Waals surface area contributed by atoms with Gasteiger partial charge in [-0.05, 0) is 46.8 Å². The van der Waals surface area contributed by atoms with Gasteiger partial charge in [-0.25, -0.2) is 8.78 Å². The van der Waals surface area contributed by atoms with Crippen LogP contribution in [0.15, 0.2) is 16.6 Å². The minimum Gasteiger partial charge on any atom is -0.385 e. The second-order valence-corrected chi connectivity index (χ2v) is 4.37. The zero-order valence-corrected chi connectivity index (χ0v) is 9.07. The molecule has 1 N–H and O–H groups in total. The van der Waals surface area contributed by atoms with Crippen molar-refractivity contribution in [3.8, 4) is 0 Å². The summed E-state index contributed by atoms with van der Waals surface area (Å²) >= 11 is 2.83. The molecule has 0 saturated heterocycles. The molecule has 0 unspecified atom stereocenters. The highest BCUT2D eigenvalue weighted by atomic mass is 79.9. The van der Waals surface area contributed by atoms with Crippen molar-refractivity contribution in [1.82, 2.24) is 0 Å². The molecule has 76 valence electrons. The zero-order chi connectivity index (χ0) is 10.1. The van der Waals surface area contributed by atoms with E-state index in [9.17, 15) is 8.78 Å². The quantitative estimate of drug-likeness (QED) is 0.821. The fourth-order valence-corrected chi connectivity index (χ4v) is 1.47. The number of nitrogens with one attached hydrogen (secondary N) is 1. The Balaban J connectivity index is 2.08. The van der Waals surface area contributed by atoms with Crippen molar-refractivity contribution in [2.45, 2.75) is 12.8 Å². The van der Waals surface area contributed by atoms with E-state index in [0.717, 1.165) is 6.54 Å². The van der Waals surface area contributed by atoms with E-state index in [0.29, 0.717) is 11.6 Å². The Hall–Kier alpha value is -0.640. The first-order chi connectivity index (χ1) is 6.66. The lowest BCUT2D eigenvalue weighted by atomic mass is 10.3. The molecule has 14 heavy (non-hydrogen) atoms. The number of hydrogen-bond acceptors (Lipinski definition) is 1. The average molecular weight is 262 g/mol. The Morgan fingerprint density at radius 2 is 1.86 bits per heavy atom. The number of halogens is 3. The number of anilines is 1. The Morgan fingerprint density at radius 3 is 2.36 bits per heavy atom. The molecule has 0 radical (unpaired) electrons. The maximum atomic E-state index is 13.1.